The lowest BCUT2D eigenvalue weighted by Gasteiger charge is -2.35. The minimum atomic E-state index is -1.88. The summed E-state index contributed by atoms with van der Waals surface area (Å²) in [7, 11) is 1.55. The van der Waals surface area contributed by atoms with Gasteiger partial charge in [0.2, 0.25) is 5.91 Å². The normalized spacial score (nSPS) is 18.5. The van der Waals surface area contributed by atoms with Gasteiger partial charge in [-0.25, -0.2) is 0 Å². The fourth-order valence-electron chi connectivity index (χ4n) is 8.19. The molecule has 4 aromatic carbocycles. The van der Waals surface area contributed by atoms with Gasteiger partial charge in [0.15, 0.2) is 5.60 Å². The van der Waals surface area contributed by atoms with Gasteiger partial charge in [0.05, 0.1) is 55.9 Å². The van der Waals surface area contributed by atoms with E-state index in [1.54, 1.807) is 39.8 Å². The molecule has 314 valence electrons. The summed E-state index contributed by atoms with van der Waals surface area (Å²) in [5.41, 5.74) is 3.97. The highest BCUT2D eigenvalue weighted by atomic mass is 16.5. The zero-order chi connectivity index (χ0) is 42.2. The lowest BCUT2D eigenvalue weighted by molar-refractivity contribution is -0.139. The molecule has 4 N–H and O–H groups in total. The van der Waals surface area contributed by atoms with Crippen LogP contribution in [0.3, 0.4) is 0 Å². The average Bonchev–Trinajstić information content (AvgIpc) is 3.82. The first-order valence-electron chi connectivity index (χ1n) is 20.7. The van der Waals surface area contributed by atoms with Gasteiger partial charge in [-0.15, -0.1) is 5.10 Å². The van der Waals surface area contributed by atoms with Crippen molar-refractivity contribution in [3.63, 3.8) is 0 Å². The summed E-state index contributed by atoms with van der Waals surface area (Å²) in [5, 5.41) is 43.8. The largest absolute Gasteiger partial charge is 0.497 e. The van der Waals surface area contributed by atoms with Gasteiger partial charge in [0.1, 0.15) is 11.5 Å². The molecule has 2 aliphatic heterocycles. The number of nitrogens with one attached hydrogen (secondary N) is 1. The Hall–Kier alpha value is -5.86. The average molecular weight is 815 g/mol. The molecule has 0 fully saturated rings. The Kier molecular flexibility index (Phi) is 13.4. The van der Waals surface area contributed by atoms with Crippen molar-refractivity contribution >= 4 is 28.9 Å². The minimum Gasteiger partial charge on any atom is -0.497 e. The SMILES string of the molecule is CCOc1ccc2c(c1)CC(NCCCCO)C(=O)N2c1cccc(CN2C(=O)[C@@](O)([C@@H](C)/C=C/CCn3cc(C(CO)c4ccccc4)nn3)c3cc(OC)ccc32)c1. The number of amides is 2. The maximum Gasteiger partial charge on any atom is 0.264 e. The molecular formula is C47H54N6O7. The van der Waals surface area contributed by atoms with Crippen LogP contribution in [0.2, 0.25) is 0 Å². The van der Waals surface area contributed by atoms with Crippen LogP contribution in [0.4, 0.5) is 17.1 Å². The molecule has 0 spiro atoms. The molecule has 2 amide bonds. The smallest absolute Gasteiger partial charge is 0.264 e. The molecule has 3 heterocycles. The van der Waals surface area contributed by atoms with E-state index in [0.29, 0.717) is 67.3 Å². The van der Waals surface area contributed by atoms with Crippen molar-refractivity contribution < 1.29 is 34.4 Å². The second-order valence-electron chi connectivity index (χ2n) is 15.3. The third-order valence-corrected chi connectivity index (χ3v) is 11.4. The minimum absolute atomic E-state index is 0.0877. The number of carbonyl (C=O) groups excluding carboxylic acids is 2. The first-order valence-corrected chi connectivity index (χ1v) is 20.7. The molecule has 0 saturated heterocycles. The Balaban J connectivity index is 1.10. The Bertz CT molecular complexity index is 2300. The van der Waals surface area contributed by atoms with E-state index in [2.05, 4.69) is 15.6 Å². The maximum atomic E-state index is 14.5. The van der Waals surface area contributed by atoms with Crippen molar-refractivity contribution in [2.24, 2.45) is 5.92 Å². The number of aromatic nitrogens is 3. The number of hydrogen-bond acceptors (Lipinski definition) is 10. The van der Waals surface area contributed by atoms with Crippen LogP contribution in [-0.2, 0) is 34.7 Å². The molecule has 0 radical (unpaired) electrons. The molecule has 2 aliphatic rings. The standard InChI is InChI=1S/C47H54N6O7/c1-4-60-38-19-20-43-35(26-38)27-41(48-22-9-11-24-54)45(56)53(43)36-17-12-14-33(25-36)29-52-44-21-18-37(59-3)28-40(44)47(58,46(52)57)32(2)13-8-10-23-51-30-42(49-50-51)39(31-55)34-15-6-5-7-16-34/h5-8,12-21,25-26,28,30,32,39,41,48,54-55,58H,4,9-11,22-24,27,29,31H2,1-3H3/b13-8+/t32-,39?,41?,47+/m0/s1. The predicted molar refractivity (Wildman–Crippen MR) is 229 cm³/mol. The third-order valence-electron chi connectivity index (χ3n) is 11.4. The van der Waals surface area contributed by atoms with Crippen LogP contribution in [0.25, 0.3) is 0 Å². The maximum absolute atomic E-state index is 14.5. The number of nitrogens with zero attached hydrogens (tertiary/aromatic N) is 5. The van der Waals surface area contributed by atoms with E-state index in [0.717, 1.165) is 34.5 Å². The van der Waals surface area contributed by atoms with Gasteiger partial charge in [0, 0.05) is 36.5 Å². The highest BCUT2D eigenvalue weighted by Crippen LogP contribution is 2.47. The van der Waals surface area contributed by atoms with Crippen LogP contribution in [0.5, 0.6) is 11.5 Å². The van der Waals surface area contributed by atoms with E-state index in [-0.39, 0.29) is 31.6 Å². The number of carbonyl (C=O) groups is 2. The zero-order valence-electron chi connectivity index (χ0n) is 34.4. The van der Waals surface area contributed by atoms with E-state index in [9.17, 15) is 24.9 Å². The van der Waals surface area contributed by atoms with E-state index in [4.69, 9.17) is 9.47 Å². The highest BCUT2D eigenvalue weighted by molar-refractivity contribution is 6.08. The van der Waals surface area contributed by atoms with Crippen molar-refractivity contribution in [3.05, 3.63) is 137 Å². The number of aliphatic hydroxyl groups is 3. The summed E-state index contributed by atoms with van der Waals surface area (Å²) >= 11 is 0. The summed E-state index contributed by atoms with van der Waals surface area (Å²) in [5.74, 6) is -0.183. The van der Waals surface area contributed by atoms with Gasteiger partial charge < -0.3 is 35.0 Å². The zero-order valence-corrected chi connectivity index (χ0v) is 34.4. The summed E-state index contributed by atoms with van der Waals surface area (Å²) < 4.78 is 13.1. The van der Waals surface area contributed by atoms with Gasteiger partial charge in [-0.3, -0.25) is 19.2 Å². The van der Waals surface area contributed by atoms with E-state index < -0.39 is 23.5 Å². The lowest BCUT2D eigenvalue weighted by atomic mass is 9.83. The van der Waals surface area contributed by atoms with Crippen LogP contribution in [-0.4, -0.2) is 81.6 Å². The van der Waals surface area contributed by atoms with Gasteiger partial charge in [-0.1, -0.05) is 66.8 Å². The van der Waals surface area contributed by atoms with Gasteiger partial charge in [-0.05, 0) is 104 Å². The van der Waals surface area contributed by atoms with Crippen molar-refractivity contribution in [2.75, 3.05) is 43.3 Å². The molecule has 0 saturated carbocycles. The number of anilines is 3. The summed E-state index contributed by atoms with van der Waals surface area (Å²) in [6.07, 6.45) is 8.08. The lowest BCUT2D eigenvalue weighted by Crippen LogP contribution is -2.49. The number of aryl methyl sites for hydroxylation is 1. The van der Waals surface area contributed by atoms with Gasteiger partial charge in [0.25, 0.3) is 5.91 Å². The summed E-state index contributed by atoms with van der Waals surface area (Å²) in [6, 6.07) is 27.9. The van der Waals surface area contributed by atoms with Crippen molar-refractivity contribution in [3.8, 4) is 11.5 Å². The Morgan fingerprint density at radius 1 is 0.967 bits per heavy atom. The molecule has 0 aliphatic carbocycles. The fourth-order valence-corrected chi connectivity index (χ4v) is 8.19. The molecular weight excluding hydrogens is 761 g/mol. The number of rotatable bonds is 19. The van der Waals surface area contributed by atoms with Crippen LogP contribution in [0.15, 0.2) is 109 Å². The predicted octanol–water partition coefficient (Wildman–Crippen LogP) is 5.78. The number of hydrogen-bond donors (Lipinski definition) is 4. The molecule has 5 aromatic rings. The third kappa shape index (κ3) is 8.71. The molecule has 2 unspecified atom stereocenters. The number of benzene rings is 4. The van der Waals surface area contributed by atoms with E-state index in [1.807, 2.05) is 105 Å². The number of methoxy groups -OCH3 is 1. The first kappa shape index (κ1) is 42.3. The second-order valence-corrected chi connectivity index (χ2v) is 15.3. The van der Waals surface area contributed by atoms with Crippen LogP contribution < -0.4 is 24.6 Å². The van der Waals surface area contributed by atoms with Gasteiger partial charge in [-0.2, -0.15) is 0 Å². The second kappa shape index (κ2) is 19.0. The Morgan fingerprint density at radius 2 is 1.77 bits per heavy atom. The van der Waals surface area contributed by atoms with E-state index >= 15 is 0 Å². The van der Waals surface area contributed by atoms with Crippen molar-refractivity contribution in [1.82, 2.24) is 20.3 Å². The highest BCUT2D eigenvalue weighted by Gasteiger charge is 2.52. The van der Waals surface area contributed by atoms with Gasteiger partial charge >= 0.3 is 0 Å². The van der Waals surface area contributed by atoms with Crippen molar-refractivity contribution in [2.45, 2.75) is 70.2 Å². The molecule has 7 rings (SSSR count). The van der Waals surface area contributed by atoms with Crippen molar-refractivity contribution in [1.29, 1.82) is 0 Å². The number of ether oxygens (including phenoxy) is 2. The first-order chi connectivity index (χ1) is 29.2. The number of fused-ring (bicyclic) bond motifs is 2. The molecule has 0 bridgehead atoms. The fraction of sp³-hybridized carbons (Fsp3) is 0.362. The number of unbranched alkanes of at least 4 members (excludes halogenated alkanes) is 1. The molecule has 13 heteroatoms. The van der Waals surface area contributed by atoms with Crippen LogP contribution in [0, 0.1) is 5.92 Å². The number of allylic oxidation sites excluding steroid dienone is 1. The quantitative estimate of drug-likeness (QED) is 0.0595. The molecule has 60 heavy (non-hydrogen) atoms. The molecule has 4 atom stereocenters. The van der Waals surface area contributed by atoms with Crippen LogP contribution >= 0.6 is 0 Å². The summed E-state index contributed by atoms with van der Waals surface area (Å²) in [4.78, 5) is 32.0. The Labute approximate surface area is 350 Å². The van der Waals surface area contributed by atoms with Crippen LogP contribution in [0.1, 0.15) is 67.0 Å². The Morgan fingerprint density at radius 3 is 2.53 bits per heavy atom. The monoisotopic (exact) mass is 814 g/mol. The molecule has 1 aromatic heterocycles. The van der Waals surface area contributed by atoms with E-state index in [1.165, 1.54) is 0 Å². The molecule has 13 nitrogen and oxygen atoms in total. The topological polar surface area (TPSA) is 163 Å². The number of aliphatic hydroxyl groups excluding tert-OH is 2. The summed E-state index contributed by atoms with van der Waals surface area (Å²) in [6.45, 7) is 5.55.